The number of fused-ring (bicyclic) bond motifs is 2. The van der Waals surface area contributed by atoms with Crippen LogP contribution in [-0.2, 0) is 4.79 Å². The van der Waals surface area contributed by atoms with Gasteiger partial charge in [-0.05, 0) is 61.6 Å². The molecule has 140 valence electrons. The number of carbonyl (C=O) groups excluding carboxylic acids is 1. The van der Waals surface area contributed by atoms with Crippen LogP contribution in [0.2, 0.25) is 0 Å². The smallest absolute Gasteiger partial charge is 0.225 e. The van der Waals surface area contributed by atoms with Gasteiger partial charge in [-0.15, -0.1) is 12.4 Å². The van der Waals surface area contributed by atoms with Crippen LogP contribution in [0.3, 0.4) is 0 Å². The van der Waals surface area contributed by atoms with E-state index in [1.165, 1.54) is 6.42 Å². The van der Waals surface area contributed by atoms with E-state index in [2.05, 4.69) is 19.2 Å². The highest BCUT2D eigenvalue weighted by Gasteiger charge is 2.49. The van der Waals surface area contributed by atoms with E-state index in [9.17, 15) is 4.79 Å². The quantitative estimate of drug-likeness (QED) is 0.806. The molecule has 1 aromatic carbocycles. The summed E-state index contributed by atoms with van der Waals surface area (Å²) in [7, 11) is 0. The molecule has 3 rings (SSSR count). The van der Waals surface area contributed by atoms with Gasteiger partial charge in [0.1, 0.15) is 5.75 Å². The fourth-order valence-electron chi connectivity index (χ4n) is 4.23. The second-order valence-electron chi connectivity index (χ2n) is 7.94. The zero-order valence-corrected chi connectivity index (χ0v) is 16.2. The van der Waals surface area contributed by atoms with Crippen LogP contribution in [0, 0.1) is 23.7 Å². The Bertz CT molecular complexity index is 574. The van der Waals surface area contributed by atoms with Crippen LogP contribution in [0.4, 0.5) is 0 Å². The third kappa shape index (κ3) is 4.48. The fraction of sp³-hybridized carbons (Fsp3) is 0.650. The van der Waals surface area contributed by atoms with Crippen LogP contribution in [0.1, 0.15) is 51.6 Å². The van der Waals surface area contributed by atoms with Gasteiger partial charge in [-0.3, -0.25) is 4.79 Å². The summed E-state index contributed by atoms with van der Waals surface area (Å²) in [6.45, 7) is 7.01. The van der Waals surface area contributed by atoms with Crippen LogP contribution in [0.25, 0.3) is 0 Å². The second kappa shape index (κ2) is 8.41. The van der Waals surface area contributed by atoms with Crippen molar-refractivity contribution in [3.05, 3.63) is 29.8 Å². The van der Waals surface area contributed by atoms with Crippen molar-refractivity contribution in [3.8, 4) is 5.75 Å². The van der Waals surface area contributed by atoms with Crippen molar-refractivity contribution in [2.24, 2.45) is 29.4 Å². The molecule has 5 unspecified atom stereocenters. The fourth-order valence-corrected chi connectivity index (χ4v) is 4.23. The van der Waals surface area contributed by atoms with E-state index >= 15 is 0 Å². The zero-order chi connectivity index (χ0) is 17.3. The number of nitrogens with two attached hydrogens (primary N) is 1. The first kappa shape index (κ1) is 20.1. The van der Waals surface area contributed by atoms with Gasteiger partial charge in [0.2, 0.25) is 5.91 Å². The standard InChI is InChI=1S/C20H30N2O2.ClH/c1-12(2)11-24-17-8-6-14(7-9-17)13(3)22-20(23)18-15-4-5-16(10-15)19(18)21;/h6-9,12-13,15-16,18-19H,4-5,10-11,21H2,1-3H3,(H,22,23);1H. The minimum Gasteiger partial charge on any atom is -0.493 e. The van der Waals surface area contributed by atoms with Crippen molar-refractivity contribution >= 4 is 18.3 Å². The first-order chi connectivity index (χ1) is 11.5. The average Bonchev–Trinajstić information content (AvgIpc) is 3.14. The average molecular weight is 367 g/mol. The topological polar surface area (TPSA) is 64.3 Å². The Morgan fingerprint density at radius 2 is 1.84 bits per heavy atom. The van der Waals surface area contributed by atoms with Crippen molar-refractivity contribution in [2.75, 3.05) is 6.61 Å². The lowest BCUT2D eigenvalue weighted by atomic mass is 9.84. The molecule has 0 radical (unpaired) electrons. The molecule has 25 heavy (non-hydrogen) atoms. The SMILES string of the molecule is CC(C)COc1ccc(C(C)NC(=O)C2C3CCC(C3)C2N)cc1.Cl. The summed E-state index contributed by atoms with van der Waals surface area (Å²) in [5.74, 6) is 2.56. The minimum atomic E-state index is -0.0111. The number of hydrogen-bond donors (Lipinski definition) is 2. The van der Waals surface area contributed by atoms with Crippen molar-refractivity contribution in [1.29, 1.82) is 0 Å². The summed E-state index contributed by atoms with van der Waals surface area (Å²) in [5.41, 5.74) is 7.37. The lowest BCUT2D eigenvalue weighted by Crippen LogP contribution is -2.45. The predicted octanol–water partition coefficient (Wildman–Crippen LogP) is 3.69. The number of ether oxygens (including phenoxy) is 1. The number of carbonyl (C=O) groups is 1. The van der Waals surface area contributed by atoms with Crippen molar-refractivity contribution < 1.29 is 9.53 Å². The number of benzene rings is 1. The summed E-state index contributed by atoms with van der Waals surface area (Å²) in [5, 5.41) is 3.16. The van der Waals surface area contributed by atoms with E-state index in [1.54, 1.807) is 0 Å². The highest BCUT2D eigenvalue weighted by atomic mass is 35.5. The molecule has 2 bridgehead atoms. The number of hydrogen-bond acceptors (Lipinski definition) is 3. The van der Waals surface area contributed by atoms with Crippen LogP contribution in [0.15, 0.2) is 24.3 Å². The second-order valence-corrected chi connectivity index (χ2v) is 7.94. The minimum absolute atomic E-state index is 0. The molecule has 2 aliphatic rings. The molecule has 2 fully saturated rings. The maximum Gasteiger partial charge on any atom is 0.225 e. The van der Waals surface area contributed by atoms with E-state index < -0.39 is 0 Å². The molecule has 4 nitrogen and oxygen atoms in total. The Hall–Kier alpha value is -1.26. The van der Waals surface area contributed by atoms with Gasteiger partial charge in [0, 0.05) is 6.04 Å². The molecule has 3 N–H and O–H groups in total. The molecule has 0 spiro atoms. The van der Waals surface area contributed by atoms with Gasteiger partial charge in [-0.2, -0.15) is 0 Å². The molecule has 0 aliphatic heterocycles. The van der Waals surface area contributed by atoms with Crippen LogP contribution in [0.5, 0.6) is 5.75 Å². The maximum atomic E-state index is 12.7. The molecule has 5 atom stereocenters. The van der Waals surface area contributed by atoms with Crippen LogP contribution >= 0.6 is 12.4 Å². The monoisotopic (exact) mass is 366 g/mol. The molecule has 2 saturated carbocycles. The Morgan fingerprint density at radius 3 is 2.40 bits per heavy atom. The van der Waals surface area contributed by atoms with Gasteiger partial charge in [0.05, 0.1) is 18.6 Å². The molecule has 1 amide bonds. The molecule has 0 heterocycles. The highest BCUT2D eigenvalue weighted by molar-refractivity contribution is 5.85. The van der Waals surface area contributed by atoms with Crippen LogP contribution in [-0.4, -0.2) is 18.6 Å². The van der Waals surface area contributed by atoms with Gasteiger partial charge in [0.15, 0.2) is 0 Å². The van der Waals surface area contributed by atoms with Gasteiger partial charge >= 0.3 is 0 Å². The molecule has 1 aromatic rings. The Morgan fingerprint density at radius 1 is 1.20 bits per heavy atom. The molecular weight excluding hydrogens is 336 g/mol. The number of amides is 1. The van der Waals surface area contributed by atoms with E-state index in [-0.39, 0.29) is 36.3 Å². The summed E-state index contributed by atoms with van der Waals surface area (Å²) in [6.07, 6.45) is 3.49. The van der Waals surface area contributed by atoms with E-state index in [4.69, 9.17) is 10.5 Å². The predicted molar refractivity (Wildman–Crippen MR) is 103 cm³/mol. The van der Waals surface area contributed by atoms with Crippen molar-refractivity contribution in [2.45, 2.75) is 52.1 Å². The lowest BCUT2D eigenvalue weighted by molar-refractivity contribution is -0.127. The molecule has 0 saturated heterocycles. The molecule has 2 aliphatic carbocycles. The first-order valence-corrected chi connectivity index (χ1v) is 9.24. The van der Waals surface area contributed by atoms with Gasteiger partial charge in [-0.1, -0.05) is 26.0 Å². The Kier molecular flexibility index (Phi) is 6.75. The largest absolute Gasteiger partial charge is 0.493 e. The summed E-state index contributed by atoms with van der Waals surface area (Å²) >= 11 is 0. The van der Waals surface area contributed by atoms with E-state index in [0.29, 0.717) is 24.4 Å². The van der Waals surface area contributed by atoms with E-state index in [1.807, 2.05) is 31.2 Å². The normalized spacial score (nSPS) is 28.5. The van der Waals surface area contributed by atoms with Crippen LogP contribution < -0.4 is 15.8 Å². The van der Waals surface area contributed by atoms with Crippen molar-refractivity contribution in [3.63, 3.8) is 0 Å². The first-order valence-electron chi connectivity index (χ1n) is 9.24. The lowest BCUT2D eigenvalue weighted by Gasteiger charge is -2.28. The van der Waals surface area contributed by atoms with E-state index in [0.717, 1.165) is 24.2 Å². The summed E-state index contributed by atoms with van der Waals surface area (Å²) in [4.78, 5) is 12.7. The maximum absolute atomic E-state index is 12.7. The molecule has 0 aromatic heterocycles. The highest BCUT2D eigenvalue weighted by Crippen LogP contribution is 2.47. The molecular formula is C20H31ClN2O2. The number of halogens is 1. The van der Waals surface area contributed by atoms with Crippen molar-refractivity contribution in [1.82, 2.24) is 5.32 Å². The van der Waals surface area contributed by atoms with Gasteiger partial charge < -0.3 is 15.8 Å². The summed E-state index contributed by atoms with van der Waals surface area (Å²) < 4.78 is 5.71. The van der Waals surface area contributed by atoms with Gasteiger partial charge in [0.25, 0.3) is 0 Å². The Labute approximate surface area is 157 Å². The number of nitrogens with one attached hydrogen (secondary N) is 1. The molecule has 5 heteroatoms. The third-order valence-electron chi connectivity index (χ3n) is 5.61. The number of rotatable bonds is 6. The van der Waals surface area contributed by atoms with Gasteiger partial charge in [-0.25, -0.2) is 0 Å². The zero-order valence-electron chi connectivity index (χ0n) is 15.4. The Balaban J connectivity index is 0.00000225. The summed E-state index contributed by atoms with van der Waals surface area (Å²) in [6, 6.07) is 8.04. The third-order valence-corrected chi connectivity index (χ3v) is 5.61.